The standard InChI is InChI=1S/C22H25ClN4O2/c1-14-12-15(10-11-27(14)17-7-8-17)21(28)25-19-5-3-2-4-18(19)22(29)26-20-9-6-16(23)13-24-20/h2-6,9,13-15,17H,7-8,10-12H2,1H3,(H,25,28)(H,24,26,29). The normalized spacial score (nSPS) is 22.1. The van der Waals surface area contributed by atoms with Crippen LogP contribution in [-0.4, -0.2) is 40.3 Å². The average molecular weight is 413 g/mol. The van der Waals surface area contributed by atoms with E-state index in [0.717, 1.165) is 25.4 Å². The highest BCUT2D eigenvalue weighted by molar-refractivity contribution is 6.30. The molecule has 0 radical (unpaired) electrons. The minimum Gasteiger partial charge on any atom is -0.325 e. The number of nitrogens with zero attached hydrogens (tertiary/aromatic N) is 2. The highest BCUT2D eigenvalue weighted by Gasteiger charge is 2.37. The first-order valence-electron chi connectivity index (χ1n) is 10.1. The van der Waals surface area contributed by atoms with Crippen molar-refractivity contribution < 1.29 is 9.59 Å². The predicted octanol–water partition coefficient (Wildman–Crippen LogP) is 4.19. The smallest absolute Gasteiger partial charge is 0.258 e. The highest BCUT2D eigenvalue weighted by atomic mass is 35.5. The molecule has 1 saturated carbocycles. The first-order chi connectivity index (χ1) is 14.0. The molecule has 2 amide bonds. The first kappa shape index (κ1) is 19.9. The Balaban J connectivity index is 1.42. The van der Waals surface area contributed by atoms with Gasteiger partial charge in [-0.2, -0.15) is 0 Å². The summed E-state index contributed by atoms with van der Waals surface area (Å²) in [6, 6.07) is 11.5. The molecule has 1 aliphatic carbocycles. The van der Waals surface area contributed by atoms with Crippen LogP contribution in [0.3, 0.4) is 0 Å². The Bertz CT molecular complexity index is 898. The number of carbonyl (C=O) groups is 2. The maximum Gasteiger partial charge on any atom is 0.258 e. The van der Waals surface area contributed by atoms with E-state index in [2.05, 4.69) is 27.4 Å². The molecule has 1 saturated heterocycles. The Hall–Kier alpha value is -2.44. The van der Waals surface area contributed by atoms with E-state index < -0.39 is 0 Å². The van der Waals surface area contributed by atoms with Gasteiger partial charge in [-0.3, -0.25) is 14.5 Å². The predicted molar refractivity (Wildman–Crippen MR) is 114 cm³/mol. The van der Waals surface area contributed by atoms with Gasteiger partial charge in [0.05, 0.1) is 16.3 Å². The lowest BCUT2D eigenvalue weighted by atomic mass is 9.90. The molecular weight excluding hydrogens is 388 g/mol. The molecule has 2 N–H and O–H groups in total. The lowest BCUT2D eigenvalue weighted by Gasteiger charge is -2.37. The third-order valence-corrected chi connectivity index (χ3v) is 5.94. The van der Waals surface area contributed by atoms with E-state index in [1.54, 1.807) is 30.3 Å². The number of amides is 2. The molecule has 1 aromatic carbocycles. The lowest BCUT2D eigenvalue weighted by molar-refractivity contribution is -0.122. The average Bonchev–Trinajstić information content (AvgIpc) is 3.55. The number of piperidine rings is 1. The van der Waals surface area contributed by atoms with Gasteiger partial charge < -0.3 is 10.6 Å². The molecule has 6 nitrogen and oxygen atoms in total. The molecule has 2 fully saturated rings. The summed E-state index contributed by atoms with van der Waals surface area (Å²) >= 11 is 5.84. The quantitative estimate of drug-likeness (QED) is 0.772. The Kier molecular flexibility index (Phi) is 5.83. The number of hydrogen-bond acceptors (Lipinski definition) is 4. The molecule has 2 aliphatic rings. The van der Waals surface area contributed by atoms with Crippen LogP contribution in [0.15, 0.2) is 42.6 Å². The van der Waals surface area contributed by atoms with Gasteiger partial charge in [0.15, 0.2) is 0 Å². The molecule has 2 aromatic rings. The number of aromatic nitrogens is 1. The molecule has 7 heteroatoms. The van der Waals surface area contributed by atoms with Gasteiger partial charge in [0.1, 0.15) is 5.82 Å². The summed E-state index contributed by atoms with van der Waals surface area (Å²) < 4.78 is 0. The van der Waals surface area contributed by atoms with E-state index in [0.29, 0.717) is 28.1 Å². The van der Waals surface area contributed by atoms with E-state index >= 15 is 0 Å². The zero-order valence-corrected chi connectivity index (χ0v) is 17.2. The fraction of sp³-hybridized carbons (Fsp3) is 0.409. The van der Waals surface area contributed by atoms with Gasteiger partial charge in [-0.05, 0) is 63.4 Å². The van der Waals surface area contributed by atoms with Gasteiger partial charge in [-0.1, -0.05) is 23.7 Å². The van der Waals surface area contributed by atoms with Crippen molar-refractivity contribution in [1.29, 1.82) is 0 Å². The van der Waals surface area contributed by atoms with Gasteiger partial charge >= 0.3 is 0 Å². The molecular formula is C22H25ClN4O2. The minimum atomic E-state index is -0.326. The van der Waals surface area contributed by atoms with Crippen molar-refractivity contribution in [2.24, 2.45) is 5.92 Å². The van der Waals surface area contributed by atoms with Gasteiger partial charge in [0.2, 0.25) is 5.91 Å². The van der Waals surface area contributed by atoms with Crippen molar-refractivity contribution in [3.63, 3.8) is 0 Å². The number of hydrogen-bond donors (Lipinski definition) is 2. The molecule has 0 bridgehead atoms. The Labute approximate surface area is 175 Å². The fourth-order valence-electron chi connectivity index (χ4n) is 4.04. The molecule has 0 spiro atoms. The molecule has 4 rings (SSSR count). The molecule has 1 aromatic heterocycles. The monoisotopic (exact) mass is 412 g/mol. The number of para-hydroxylation sites is 1. The summed E-state index contributed by atoms with van der Waals surface area (Å²) in [5.74, 6) is 0.0284. The van der Waals surface area contributed by atoms with Crippen LogP contribution in [0, 0.1) is 5.92 Å². The lowest BCUT2D eigenvalue weighted by Crippen LogP contribution is -2.45. The van der Waals surface area contributed by atoms with Crippen LogP contribution in [0.25, 0.3) is 0 Å². The number of likely N-dealkylation sites (tertiary alicyclic amines) is 1. The molecule has 2 unspecified atom stereocenters. The molecule has 1 aliphatic heterocycles. The van der Waals surface area contributed by atoms with E-state index in [1.165, 1.54) is 19.0 Å². The Morgan fingerprint density at radius 2 is 1.90 bits per heavy atom. The van der Waals surface area contributed by atoms with Gasteiger partial charge in [-0.15, -0.1) is 0 Å². The Morgan fingerprint density at radius 1 is 1.10 bits per heavy atom. The van der Waals surface area contributed by atoms with Gasteiger partial charge in [0.25, 0.3) is 5.91 Å². The summed E-state index contributed by atoms with van der Waals surface area (Å²) in [7, 11) is 0. The second kappa shape index (κ2) is 8.51. The zero-order chi connectivity index (χ0) is 20.4. The molecule has 2 atom stereocenters. The van der Waals surface area contributed by atoms with Crippen LogP contribution in [0.5, 0.6) is 0 Å². The topological polar surface area (TPSA) is 74.3 Å². The number of nitrogens with one attached hydrogen (secondary N) is 2. The number of pyridine rings is 1. The van der Waals surface area contributed by atoms with E-state index in [4.69, 9.17) is 11.6 Å². The summed E-state index contributed by atoms with van der Waals surface area (Å²) in [6.45, 7) is 3.17. The number of halogens is 1. The van der Waals surface area contributed by atoms with E-state index in [1.807, 2.05) is 6.07 Å². The summed E-state index contributed by atoms with van der Waals surface area (Å²) in [5, 5.41) is 6.22. The van der Waals surface area contributed by atoms with Gasteiger partial charge in [0, 0.05) is 24.2 Å². The summed E-state index contributed by atoms with van der Waals surface area (Å²) in [6.07, 6.45) is 5.75. The van der Waals surface area contributed by atoms with Crippen LogP contribution in [0.4, 0.5) is 11.5 Å². The van der Waals surface area contributed by atoms with Crippen molar-refractivity contribution in [1.82, 2.24) is 9.88 Å². The fourth-order valence-corrected chi connectivity index (χ4v) is 4.15. The third-order valence-electron chi connectivity index (χ3n) is 5.71. The Morgan fingerprint density at radius 3 is 2.59 bits per heavy atom. The third kappa shape index (κ3) is 4.77. The molecule has 2 heterocycles. The van der Waals surface area contributed by atoms with Crippen molar-refractivity contribution in [2.75, 3.05) is 17.2 Å². The highest BCUT2D eigenvalue weighted by Crippen LogP contribution is 2.34. The van der Waals surface area contributed by atoms with Crippen LogP contribution in [0.1, 0.15) is 43.0 Å². The van der Waals surface area contributed by atoms with Gasteiger partial charge in [-0.25, -0.2) is 4.98 Å². The van der Waals surface area contributed by atoms with Crippen LogP contribution < -0.4 is 10.6 Å². The maximum absolute atomic E-state index is 12.9. The largest absolute Gasteiger partial charge is 0.325 e. The van der Waals surface area contributed by atoms with E-state index in [9.17, 15) is 9.59 Å². The van der Waals surface area contributed by atoms with Crippen molar-refractivity contribution in [3.8, 4) is 0 Å². The number of rotatable bonds is 5. The molecule has 29 heavy (non-hydrogen) atoms. The number of anilines is 2. The molecule has 152 valence electrons. The number of carbonyl (C=O) groups excluding carboxylic acids is 2. The van der Waals surface area contributed by atoms with Crippen molar-refractivity contribution >= 4 is 34.9 Å². The van der Waals surface area contributed by atoms with Crippen LogP contribution in [-0.2, 0) is 4.79 Å². The number of benzene rings is 1. The SMILES string of the molecule is CC1CC(C(=O)Nc2ccccc2C(=O)Nc2ccc(Cl)cn2)CCN1C1CC1. The van der Waals surface area contributed by atoms with Crippen molar-refractivity contribution in [2.45, 2.75) is 44.7 Å². The second-order valence-electron chi connectivity index (χ2n) is 7.89. The summed E-state index contributed by atoms with van der Waals surface area (Å²) in [5.41, 5.74) is 0.919. The summed E-state index contributed by atoms with van der Waals surface area (Å²) in [4.78, 5) is 32.2. The second-order valence-corrected chi connectivity index (χ2v) is 8.33. The van der Waals surface area contributed by atoms with Crippen molar-refractivity contribution in [3.05, 3.63) is 53.2 Å². The first-order valence-corrected chi connectivity index (χ1v) is 10.5. The van der Waals surface area contributed by atoms with Crippen LogP contribution >= 0.6 is 11.6 Å². The van der Waals surface area contributed by atoms with Crippen LogP contribution in [0.2, 0.25) is 5.02 Å². The maximum atomic E-state index is 12.9. The zero-order valence-electron chi connectivity index (χ0n) is 16.4. The minimum absolute atomic E-state index is 0.0165. The van der Waals surface area contributed by atoms with E-state index in [-0.39, 0.29) is 17.7 Å².